The van der Waals surface area contributed by atoms with Gasteiger partial charge < -0.3 is 9.47 Å². The first-order valence-corrected chi connectivity index (χ1v) is 10.6. The highest BCUT2D eigenvalue weighted by molar-refractivity contribution is 5.75. The summed E-state index contributed by atoms with van der Waals surface area (Å²) >= 11 is 0. The second-order valence-corrected chi connectivity index (χ2v) is 8.27. The van der Waals surface area contributed by atoms with Gasteiger partial charge in [-0.2, -0.15) is 0 Å². The lowest BCUT2D eigenvalue weighted by Gasteiger charge is -2.33. The molecule has 0 bridgehead atoms. The van der Waals surface area contributed by atoms with Gasteiger partial charge in [-0.1, -0.05) is 12.1 Å². The zero-order valence-corrected chi connectivity index (χ0v) is 17.2. The van der Waals surface area contributed by atoms with Crippen molar-refractivity contribution >= 4 is 17.0 Å². The molecule has 4 heterocycles. The van der Waals surface area contributed by atoms with Gasteiger partial charge >= 0.3 is 11.1 Å². The molecule has 2 saturated heterocycles. The first kappa shape index (κ1) is 19.0. The van der Waals surface area contributed by atoms with Crippen LogP contribution in [0.4, 0.5) is 5.95 Å². The molecule has 0 amide bonds. The van der Waals surface area contributed by atoms with Crippen LogP contribution in [0.3, 0.4) is 0 Å². The van der Waals surface area contributed by atoms with Crippen LogP contribution in [-0.4, -0.2) is 50.2 Å². The quantitative estimate of drug-likeness (QED) is 0.612. The molecule has 156 valence electrons. The molecule has 2 aliphatic rings. The van der Waals surface area contributed by atoms with Crippen molar-refractivity contribution in [3.63, 3.8) is 0 Å². The molecule has 0 aliphatic carbocycles. The Balaban J connectivity index is 1.34. The largest absolute Gasteiger partial charge is 0.341 e. The molecular weight excluding hydrogens is 380 g/mol. The fourth-order valence-corrected chi connectivity index (χ4v) is 4.49. The normalized spacial score (nSPS) is 18.0. The number of piperidine rings is 1. The molecule has 0 radical (unpaired) electrons. The highest BCUT2D eigenvalue weighted by Gasteiger charge is 2.25. The van der Waals surface area contributed by atoms with Gasteiger partial charge in [0.25, 0.3) is 0 Å². The molecule has 0 unspecified atom stereocenters. The van der Waals surface area contributed by atoms with Crippen LogP contribution in [0.15, 0.2) is 46.2 Å². The van der Waals surface area contributed by atoms with Crippen LogP contribution in [-0.2, 0) is 13.6 Å². The Morgan fingerprint density at radius 2 is 1.60 bits per heavy atom. The van der Waals surface area contributed by atoms with Crippen LogP contribution in [0.1, 0.15) is 30.9 Å². The maximum Gasteiger partial charge on any atom is 0.317 e. The number of hydrogen-bond donors (Lipinski definition) is 0. The average Bonchev–Trinajstić information content (AvgIpc) is 2.76. The van der Waals surface area contributed by atoms with E-state index < -0.39 is 11.1 Å². The van der Waals surface area contributed by atoms with Crippen LogP contribution in [0.5, 0.6) is 0 Å². The summed E-state index contributed by atoms with van der Waals surface area (Å²) in [5.74, 6) is 0.738. The van der Waals surface area contributed by atoms with E-state index in [0.29, 0.717) is 0 Å². The van der Waals surface area contributed by atoms with Crippen molar-refractivity contribution in [3.05, 3.63) is 62.9 Å². The molecule has 0 saturated carbocycles. The predicted molar refractivity (Wildman–Crippen MR) is 116 cm³/mol. The minimum absolute atomic E-state index is 0.00163. The van der Waals surface area contributed by atoms with Crippen LogP contribution in [0.2, 0.25) is 0 Å². The minimum Gasteiger partial charge on any atom is -0.341 e. The molecule has 5 rings (SSSR count). The Morgan fingerprint density at radius 1 is 0.933 bits per heavy atom. The van der Waals surface area contributed by atoms with Gasteiger partial charge in [0.05, 0.1) is 11.0 Å². The van der Waals surface area contributed by atoms with Crippen LogP contribution in [0.25, 0.3) is 11.0 Å². The molecule has 0 spiro atoms. The summed E-state index contributed by atoms with van der Waals surface area (Å²) in [4.78, 5) is 39.0. The monoisotopic (exact) mass is 406 g/mol. The summed E-state index contributed by atoms with van der Waals surface area (Å²) in [6.07, 6.45) is 6.67. The number of aromatic nitrogens is 4. The van der Waals surface area contributed by atoms with Gasteiger partial charge in [-0.05, 0) is 44.5 Å². The van der Waals surface area contributed by atoms with E-state index in [-0.39, 0.29) is 6.04 Å². The molecule has 1 aromatic carbocycles. The lowest BCUT2D eigenvalue weighted by atomic mass is 10.0. The van der Waals surface area contributed by atoms with Crippen molar-refractivity contribution < 1.29 is 0 Å². The number of benzene rings is 1. The van der Waals surface area contributed by atoms with E-state index in [1.807, 2.05) is 36.7 Å². The number of hydrogen-bond acceptors (Lipinski definition) is 6. The van der Waals surface area contributed by atoms with Crippen molar-refractivity contribution in [3.8, 4) is 0 Å². The van der Waals surface area contributed by atoms with E-state index in [9.17, 15) is 9.59 Å². The highest BCUT2D eigenvalue weighted by atomic mass is 16.2. The molecular formula is C22H26N6O2. The summed E-state index contributed by atoms with van der Waals surface area (Å²) in [5, 5.41) is 0. The first-order chi connectivity index (χ1) is 14.6. The number of aryl methyl sites for hydroxylation is 1. The number of fused-ring (bicyclic) bond motifs is 1. The van der Waals surface area contributed by atoms with Crippen molar-refractivity contribution in [2.24, 2.45) is 7.05 Å². The van der Waals surface area contributed by atoms with Gasteiger partial charge in [-0.25, -0.2) is 9.97 Å². The van der Waals surface area contributed by atoms with E-state index >= 15 is 0 Å². The van der Waals surface area contributed by atoms with Crippen molar-refractivity contribution in [1.29, 1.82) is 0 Å². The number of likely N-dealkylation sites (tertiary alicyclic amines) is 1. The third kappa shape index (κ3) is 3.31. The van der Waals surface area contributed by atoms with E-state index in [1.54, 1.807) is 11.6 Å². The molecule has 8 nitrogen and oxygen atoms in total. The van der Waals surface area contributed by atoms with Crippen LogP contribution in [0, 0.1) is 0 Å². The van der Waals surface area contributed by atoms with Gasteiger partial charge in [-0.3, -0.25) is 19.1 Å². The molecule has 30 heavy (non-hydrogen) atoms. The Labute approximate surface area is 174 Å². The fraction of sp³-hybridized carbons (Fsp3) is 0.455. The number of rotatable bonds is 4. The first-order valence-electron chi connectivity index (χ1n) is 10.6. The van der Waals surface area contributed by atoms with E-state index in [2.05, 4.69) is 19.8 Å². The molecule has 0 N–H and O–H groups in total. The second-order valence-electron chi connectivity index (χ2n) is 8.27. The van der Waals surface area contributed by atoms with Crippen molar-refractivity contribution in [2.75, 3.05) is 31.1 Å². The topological polar surface area (TPSA) is 76.3 Å². The summed E-state index contributed by atoms with van der Waals surface area (Å²) in [5.41, 5.74) is 1.82. The molecule has 8 heteroatoms. The average molecular weight is 406 g/mol. The summed E-state index contributed by atoms with van der Waals surface area (Å²) < 4.78 is 3.14. The Morgan fingerprint density at radius 3 is 2.23 bits per heavy atom. The minimum atomic E-state index is -0.475. The van der Waals surface area contributed by atoms with Crippen molar-refractivity contribution in [2.45, 2.75) is 31.8 Å². The van der Waals surface area contributed by atoms with Gasteiger partial charge in [0, 0.05) is 50.7 Å². The maximum absolute atomic E-state index is 12.8. The molecule has 3 aromatic rings. The lowest BCUT2D eigenvalue weighted by Crippen LogP contribution is -2.45. The Bertz CT molecular complexity index is 1170. The Kier molecular flexibility index (Phi) is 4.86. The van der Waals surface area contributed by atoms with E-state index in [4.69, 9.17) is 0 Å². The lowest BCUT2D eigenvalue weighted by molar-refractivity contribution is 0.172. The molecule has 2 aromatic heterocycles. The molecule has 2 aliphatic heterocycles. The van der Waals surface area contributed by atoms with E-state index in [1.165, 1.54) is 11.0 Å². The SMILES string of the molecule is Cn1c(=O)c(=O)n(C2CCN(c3ncc(CN4CCC4)cn3)CC2)c2ccccc21. The maximum atomic E-state index is 12.8. The zero-order chi connectivity index (χ0) is 20.7. The standard InChI is InChI=1S/C22H26N6O2/c1-25-18-5-2-3-6-19(18)28(21(30)20(25)29)17-7-11-27(12-8-17)22-23-13-16(14-24-22)15-26-9-4-10-26/h2-3,5-6,13-14,17H,4,7-12,15H2,1H3. The molecule has 0 atom stereocenters. The van der Waals surface area contributed by atoms with Gasteiger partial charge in [0.15, 0.2) is 0 Å². The second kappa shape index (κ2) is 7.68. The van der Waals surface area contributed by atoms with Crippen LogP contribution >= 0.6 is 0 Å². The van der Waals surface area contributed by atoms with Crippen molar-refractivity contribution in [1.82, 2.24) is 24.0 Å². The van der Waals surface area contributed by atoms with Gasteiger partial charge in [0.2, 0.25) is 5.95 Å². The summed E-state index contributed by atoms with van der Waals surface area (Å²) in [7, 11) is 1.65. The van der Waals surface area contributed by atoms with Gasteiger partial charge in [-0.15, -0.1) is 0 Å². The fourth-order valence-electron chi connectivity index (χ4n) is 4.49. The van der Waals surface area contributed by atoms with Crippen LogP contribution < -0.4 is 16.0 Å². The number of anilines is 1. The summed E-state index contributed by atoms with van der Waals surface area (Å²) in [6, 6.07) is 7.61. The summed E-state index contributed by atoms with van der Waals surface area (Å²) in [6.45, 7) is 4.75. The third-order valence-corrected chi connectivity index (χ3v) is 6.37. The number of nitrogens with zero attached hydrogens (tertiary/aromatic N) is 6. The predicted octanol–water partition coefficient (Wildman–Crippen LogP) is 1.54. The smallest absolute Gasteiger partial charge is 0.317 e. The Hall–Kier alpha value is -3.00. The molecule has 2 fully saturated rings. The van der Waals surface area contributed by atoms with E-state index in [0.717, 1.165) is 68.1 Å². The number of para-hydroxylation sites is 2. The van der Waals surface area contributed by atoms with Gasteiger partial charge in [0.1, 0.15) is 0 Å². The third-order valence-electron chi connectivity index (χ3n) is 6.37. The zero-order valence-electron chi connectivity index (χ0n) is 17.2. The highest BCUT2D eigenvalue weighted by Crippen LogP contribution is 2.26.